The van der Waals surface area contributed by atoms with Crippen molar-refractivity contribution in [1.82, 2.24) is 15.2 Å². The first kappa shape index (κ1) is 25.5. The molecule has 0 radical (unpaired) electrons. The maximum Gasteiger partial charge on any atom is 0.257 e. The van der Waals surface area contributed by atoms with Gasteiger partial charge in [0.2, 0.25) is 15.9 Å². The smallest absolute Gasteiger partial charge is 0.257 e. The number of fused-ring (bicyclic) bond motifs is 1. The number of hydrogen-bond donors (Lipinski definition) is 2. The fourth-order valence-corrected chi connectivity index (χ4v) is 4.22. The second-order valence-electron chi connectivity index (χ2n) is 8.17. The average molecular weight is 485 g/mol. The van der Waals surface area contributed by atoms with Crippen LogP contribution >= 0.6 is 0 Å². The molecule has 9 heteroatoms. The molecule has 0 atom stereocenters. The molecule has 0 spiro atoms. The van der Waals surface area contributed by atoms with Gasteiger partial charge in [0.1, 0.15) is 0 Å². The summed E-state index contributed by atoms with van der Waals surface area (Å²) in [4.78, 5) is 17.6. The van der Waals surface area contributed by atoms with Crippen LogP contribution in [0.4, 0.5) is 5.69 Å². The Morgan fingerprint density at radius 3 is 2.44 bits per heavy atom. The molecular weight excluding hydrogens is 452 g/mol. The van der Waals surface area contributed by atoms with E-state index in [4.69, 9.17) is 4.74 Å². The minimum absolute atomic E-state index is 0.0164. The minimum Gasteiger partial charge on any atom is -0.467 e. The molecule has 34 heavy (non-hydrogen) atoms. The summed E-state index contributed by atoms with van der Waals surface area (Å²) in [5.74, 6) is 0.316. The first-order valence-electron chi connectivity index (χ1n) is 11.3. The lowest BCUT2D eigenvalue weighted by Gasteiger charge is -2.14. The van der Waals surface area contributed by atoms with Crippen molar-refractivity contribution in [2.75, 3.05) is 44.3 Å². The standard InChI is InChI=1S/C13H20N2O2S.C12H12N2O2/c1-18(16,17)14-13-6-4-12(5-7-13)8-11-15-9-2-3-10-15;1-13-11(15)8-16-12-10-5-3-2-4-9(10)6-7-14-12/h4-7,14H,2-3,8-11H2,1H3;2-7H,8H2,1H3,(H,13,15). The number of pyridine rings is 1. The summed E-state index contributed by atoms with van der Waals surface area (Å²) >= 11 is 0. The molecule has 3 aromatic rings. The third-order valence-electron chi connectivity index (χ3n) is 5.43. The highest BCUT2D eigenvalue weighted by Gasteiger charge is 2.11. The van der Waals surface area contributed by atoms with Crippen molar-refractivity contribution in [3.63, 3.8) is 0 Å². The minimum atomic E-state index is -3.17. The van der Waals surface area contributed by atoms with Crippen LogP contribution in [0.5, 0.6) is 5.88 Å². The predicted octanol–water partition coefficient (Wildman–Crippen LogP) is 3.06. The molecule has 0 unspecified atom stereocenters. The summed E-state index contributed by atoms with van der Waals surface area (Å²) in [5, 5.41) is 4.45. The predicted molar refractivity (Wildman–Crippen MR) is 136 cm³/mol. The van der Waals surface area contributed by atoms with Gasteiger partial charge in [-0.2, -0.15) is 0 Å². The Morgan fingerprint density at radius 1 is 1.06 bits per heavy atom. The van der Waals surface area contributed by atoms with Gasteiger partial charge in [-0.3, -0.25) is 9.52 Å². The number of rotatable bonds is 8. The number of carbonyl (C=O) groups excluding carboxylic acids is 1. The van der Waals surface area contributed by atoms with Crippen LogP contribution in [0.15, 0.2) is 60.8 Å². The highest BCUT2D eigenvalue weighted by atomic mass is 32.2. The number of likely N-dealkylation sites (tertiary alicyclic amines) is 1. The number of hydrogen-bond acceptors (Lipinski definition) is 6. The molecule has 2 aromatic carbocycles. The van der Waals surface area contributed by atoms with Crippen LogP contribution in [-0.4, -0.2) is 63.8 Å². The van der Waals surface area contributed by atoms with E-state index in [1.54, 1.807) is 13.2 Å². The summed E-state index contributed by atoms with van der Waals surface area (Å²) in [6.45, 7) is 3.51. The normalized spacial score (nSPS) is 13.7. The Balaban J connectivity index is 0.000000192. The number of anilines is 1. The zero-order valence-electron chi connectivity index (χ0n) is 19.7. The van der Waals surface area contributed by atoms with E-state index in [1.165, 1.54) is 31.5 Å². The number of sulfonamides is 1. The average Bonchev–Trinajstić information content (AvgIpc) is 3.35. The van der Waals surface area contributed by atoms with Gasteiger partial charge >= 0.3 is 0 Å². The van der Waals surface area contributed by atoms with Crippen LogP contribution in [0.1, 0.15) is 18.4 Å². The Bertz CT molecular complexity index is 1170. The van der Waals surface area contributed by atoms with Gasteiger partial charge in [-0.1, -0.05) is 30.3 Å². The van der Waals surface area contributed by atoms with Gasteiger partial charge in [-0.25, -0.2) is 13.4 Å². The number of nitrogens with one attached hydrogen (secondary N) is 2. The fraction of sp³-hybridized carbons (Fsp3) is 0.360. The second-order valence-corrected chi connectivity index (χ2v) is 9.92. The van der Waals surface area contributed by atoms with Crippen molar-refractivity contribution in [1.29, 1.82) is 0 Å². The monoisotopic (exact) mass is 484 g/mol. The maximum absolute atomic E-state index is 11.1. The Labute approximate surface area is 201 Å². The zero-order valence-corrected chi connectivity index (χ0v) is 20.5. The molecule has 1 amide bonds. The Morgan fingerprint density at radius 2 is 1.76 bits per heavy atom. The molecule has 182 valence electrons. The van der Waals surface area contributed by atoms with Gasteiger partial charge in [0.15, 0.2) is 6.61 Å². The molecule has 1 aliphatic heterocycles. The topological polar surface area (TPSA) is 101 Å². The summed E-state index contributed by atoms with van der Waals surface area (Å²) in [5.41, 5.74) is 1.88. The second kappa shape index (κ2) is 12.3. The van der Waals surface area contributed by atoms with E-state index in [-0.39, 0.29) is 12.5 Å². The first-order chi connectivity index (χ1) is 16.3. The molecular formula is C25H32N4O4S. The fourth-order valence-electron chi connectivity index (χ4n) is 3.66. The van der Waals surface area contributed by atoms with Crippen molar-refractivity contribution in [3.8, 4) is 5.88 Å². The maximum atomic E-state index is 11.1. The van der Waals surface area contributed by atoms with Gasteiger partial charge in [-0.05, 0) is 67.6 Å². The molecule has 8 nitrogen and oxygen atoms in total. The van der Waals surface area contributed by atoms with Crippen LogP contribution < -0.4 is 14.8 Å². The molecule has 4 rings (SSSR count). The van der Waals surface area contributed by atoms with Crippen molar-refractivity contribution in [2.24, 2.45) is 0 Å². The molecule has 1 aromatic heterocycles. The van der Waals surface area contributed by atoms with Crippen molar-refractivity contribution >= 4 is 32.4 Å². The van der Waals surface area contributed by atoms with Crippen LogP contribution in [0.2, 0.25) is 0 Å². The highest BCUT2D eigenvalue weighted by Crippen LogP contribution is 2.22. The van der Waals surface area contributed by atoms with Gasteiger partial charge in [0.25, 0.3) is 5.91 Å². The quantitative estimate of drug-likeness (QED) is 0.510. The van der Waals surface area contributed by atoms with E-state index < -0.39 is 10.0 Å². The molecule has 1 fully saturated rings. The van der Waals surface area contributed by atoms with Crippen LogP contribution in [0.25, 0.3) is 10.8 Å². The van der Waals surface area contributed by atoms with E-state index in [9.17, 15) is 13.2 Å². The number of ether oxygens (including phenoxy) is 1. The first-order valence-corrected chi connectivity index (χ1v) is 13.2. The third-order valence-corrected chi connectivity index (χ3v) is 6.03. The van der Waals surface area contributed by atoms with Gasteiger partial charge in [-0.15, -0.1) is 0 Å². The molecule has 0 saturated carbocycles. The third kappa shape index (κ3) is 8.31. The Hall–Kier alpha value is -3.17. The number of carbonyl (C=O) groups is 1. The van der Waals surface area contributed by atoms with Crippen LogP contribution in [0, 0.1) is 0 Å². The van der Waals surface area contributed by atoms with Crippen molar-refractivity contribution in [2.45, 2.75) is 19.3 Å². The molecule has 2 heterocycles. The van der Waals surface area contributed by atoms with E-state index in [0.29, 0.717) is 11.6 Å². The van der Waals surface area contributed by atoms with Gasteiger partial charge < -0.3 is 15.0 Å². The number of benzene rings is 2. The van der Waals surface area contributed by atoms with Crippen LogP contribution in [-0.2, 0) is 21.2 Å². The number of nitrogens with zero attached hydrogens (tertiary/aromatic N) is 2. The number of aromatic nitrogens is 1. The Kier molecular flexibility index (Phi) is 9.24. The summed E-state index contributed by atoms with van der Waals surface area (Å²) in [7, 11) is -1.60. The van der Waals surface area contributed by atoms with E-state index in [0.717, 1.165) is 30.0 Å². The van der Waals surface area contributed by atoms with Gasteiger partial charge in [0, 0.05) is 30.9 Å². The number of amides is 1. The molecule has 0 aliphatic carbocycles. The molecule has 2 N–H and O–H groups in total. The lowest BCUT2D eigenvalue weighted by Crippen LogP contribution is -2.25. The summed E-state index contributed by atoms with van der Waals surface area (Å²) < 4.78 is 30.0. The SMILES string of the molecule is CNC(=O)COc1nccc2ccccc12.CS(=O)(=O)Nc1ccc(CCN2CCCC2)cc1. The van der Waals surface area contributed by atoms with E-state index >= 15 is 0 Å². The van der Waals surface area contributed by atoms with E-state index in [2.05, 4.69) is 19.9 Å². The summed E-state index contributed by atoms with van der Waals surface area (Å²) in [6, 6.07) is 17.3. The molecule has 0 bridgehead atoms. The lowest BCUT2D eigenvalue weighted by atomic mass is 10.1. The van der Waals surface area contributed by atoms with Crippen molar-refractivity contribution < 1.29 is 17.9 Å². The van der Waals surface area contributed by atoms with Gasteiger partial charge in [0.05, 0.1) is 6.26 Å². The van der Waals surface area contributed by atoms with E-state index in [1.807, 2.05) is 54.6 Å². The highest BCUT2D eigenvalue weighted by molar-refractivity contribution is 7.92. The largest absolute Gasteiger partial charge is 0.467 e. The zero-order chi connectivity index (χ0) is 24.4. The van der Waals surface area contributed by atoms with Crippen LogP contribution in [0.3, 0.4) is 0 Å². The summed E-state index contributed by atoms with van der Waals surface area (Å²) in [6.07, 6.45) is 6.49. The molecule has 1 saturated heterocycles. The molecule has 1 aliphatic rings. The van der Waals surface area contributed by atoms with Crippen molar-refractivity contribution in [3.05, 3.63) is 66.4 Å². The lowest BCUT2D eigenvalue weighted by molar-refractivity contribution is -0.122. The number of likely N-dealkylation sites (N-methyl/N-ethyl adjacent to an activating group) is 1.